The van der Waals surface area contributed by atoms with Gasteiger partial charge in [-0.25, -0.2) is 19.8 Å². The number of aliphatic imine (C=N–C) groups is 3. The first-order valence-corrected chi connectivity index (χ1v) is 3.82. The summed E-state index contributed by atoms with van der Waals surface area (Å²) in [4.78, 5) is 32.7. The van der Waals surface area contributed by atoms with Crippen molar-refractivity contribution in [2.75, 3.05) is 0 Å². The topological polar surface area (TPSA) is 91.4 Å². The molecule has 14 heavy (non-hydrogen) atoms. The van der Waals surface area contributed by atoms with Crippen LogP contribution in [-0.4, -0.2) is 35.2 Å². The Bertz CT molecular complexity index is 431. The predicted octanol–water partition coefficient (Wildman–Crippen LogP) is -0.335. The van der Waals surface area contributed by atoms with E-state index in [1.807, 2.05) is 0 Å². The second kappa shape index (κ2) is 2.99. The molecule has 1 atom stereocenters. The van der Waals surface area contributed by atoms with Crippen LogP contribution in [0.5, 0.6) is 0 Å². The highest BCUT2D eigenvalue weighted by atomic mass is 16.4. The van der Waals surface area contributed by atoms with E-state index in [4.69, 9.17) is 5.11 Å². The third-order valence-electron chi connectivity index (χ3n) is 1.86. The smallest absolute Gasteiger partial charge is 0.354 e. The molecular weight excluding hydrogens is 186 g/mol. The average molecular weight is 191 g/mol. The Balaban J connectivity index is 2.40. The molecule has 2 heterocycles. The standard InChI is InChI=1S/C8H5N3O3/c12-7-4-1-5(8(13)14)9-2-6(4)10-3-11-7/h1-4H,(H,13,14). The number of carboxylic acid groups (broad SMARTS) is 1. The summed E-state index contributed by atoms with van der Waals surface area (Å²) in [5.74, 6) is -2.27. The van der Waals surface area contributed by atoms with Gasteiger partial charge in [-0.05, 0) is 6.08 Å². The van der Waals surface area contributed by atoms with Crippen LogP contribution in [0.25, 0.3) is 0 Å². The Morgan fingerprint density at radius 1 is 1.43 bits per heavy atom. The minimum absolute atomic E-state index is 0.153. The zero-order chi connectivity index (χ0) is 10.1. The Morgan fingerprint density at radius 3 is 2.93 bits per heavy atom. The Hall–Kier alpha value is -2.11. The van der Waals surface area contributed by atoms with E-state index in [2.05, 4.69) is 15.0 Å². The fourth-order valence-corrected chi connectivity index (χ4v) is 1.17. The molecule has 0 aromatic carbocycles. The molecule has 2 rings (SSSR count). The van der Waals surface area contributed by atoms with Gasteiger partial charge in [0.2, 0.25) is 0 Å². The number of carbonyl (C=O) groups excluding carboxylic acids is 1. The summed E-state index contributed by atoms with van der Waals surface area (Å²) >= 11 is 0. The van der Waals surface area contributed by atoms with E-state index in [1.54, 1.807) is 0 Å². The largest absolute Gasteiger partial charge is 0.477 e. The molecule has 2 aliphatic rings. The molecule has 0 aromatic rings. The Kier molecular flexibility index (Phi) is 1.81. The predicted molar refractivity (Wildman–Crippen MR) is 48.6 cm³/mol. The number of nitrogens with zero attached hydrogens (tertiary/aromatic N) is 3. The summed E-state index contributed by atoms with van der Waals surface area (Å²) in [7, 11) is 0. The van der Waals surface area contributed by atoms with Gasteiger partial charge in [0.25, 0.3) is 5.91 Å². The molecule has 2 aliphatic heterocycles. The van der Waals surface area contributed by atoms with Crippen LogP contribution in [-0.2, 0) is 9.59 Å². The SMILES string of the molecule is O=C(O)C1=CC2C(=O)N=CN=C2C=N1. The van der Waals surface area contributed by atoms with Gasteiger partial charge >= 0.3 is 5.97 Å². The summed E-state index contributed by atoms with van der Waals surface area (Å²) in [6, 6.07) is 0. The first kappa shape index (κ1) is 8.49. The molecule has 6 nitrogen and oxygen atoms in total. The number of fused-ring (bicyclic) bond motifs is 1. The van der Waals surface area contributed by atoms with Crippen molar-refractivity contribution in [1.29, 1.82) is 0 Å². The van der Waals surface area contributed by atoms with Gasteiger partial charge in [0.1, 0.15) is 18.0 Å². The van der Waals surface area contributed by atoms with Gasteiger partial charge in [-0.3, -0.25) is 4.79 Å². The first-order chi connectivity index (χ1) is 6.68. The van der Waals surface area contributed by atoms with Gasteiger partial charge in [-0.1, -0.05) is 0 Å². The minimum atomic E-state index is -1.16. The van der Waals surface area contributed by atoms with Crippen molar-refractivity contribution in [2.24, 2.45) is 20.9 Å². The van der Waals surface area contributed by atoms with Gasteiger partial charge < -0.3 is 5.11 Å². The van der Waals surface area contributed by atoms with Crippen molar-refractivity contribution in [2.45, 2.75) is 0 Å². The van der Waals surface area contributed by atoms with E-state index in [9.17, 15) is 9.59 Å². The van der Waals surface area contributed by atoms with E-state index in [-0.39, 0.29) is 5.70 Å². The monoisotopic (exact) mass is 191 g/mol. The molecular formula is C8H5N3O3. The highest BCUT2D eigenvalue weighted by Crippen LogP contribution is 2.16. The zero-order valence-corrected chi connectivity index (χ0v) is 6.91. The number of carboxylic acids is 1. The van der Waals surface area contributed by atoms with Crippen molar-refractivity contribution in [3.05, 3.63) is 11.8 Å². The molecule has 1 amide bonds. The Labute approximate surface area is 78.4 Å². The quantitative estimate of drug-likeness (QED) is 0.614. The van der Waals surface area contributed by atoms with Crippen LogP contribution in [0.2, 0.25) is 0 Å². The van der Waals surface area contributed by atoms with Crippen LogP contribution in [0.1, 0.15) is 0 Å². The molecule has 0 radical (unpaired) electrons. The number of hydrogen-bond acceptors (Lipinski definition) is 4. The molecule has 0 spiro atoms. The van der Waals surface area contributed by atoms with Crippen molar-refractivity contribution in [3.8, 4) is 0 Å². The zero-order valence-electron chi connectivity index (χ0n) is 6.91. The third kappa shape index (κ3) is 1.26. The maximum absolute atomic E-state index is 11.2. The number of carbonyl (C=O) groups is 2. The van der Waals surface area contributed by atoms with Crippen LogP contribution < -0.4 is 0 Å². The van der Waals surface area contributed by atoms with E-state index < -0.39 is 17.8 Å². The summed E-state index contributed by atoms with van der Waals surface area (Å²) in [5.41, 5.74) is 0.273. The lowest BCUT2D eigenvalue weighted by atomic mass is 9.99. The fourth-order valence-electron chi connectivity index (χ4n) is 1.17. The maximum atomic E-state index is 11.2. The normalized spacial score (nSPS) is 24.0. The van der Waals surface area contributed by atoms with Crippen molar-refractivity contribution >= 4 is 30.1 Å². The first-order valence-electron chi connectivity index (χ1n) is 3.82. The summed E-state index contributed by atoms with van der Waals surface area (Å²) in [5, 5.41) is 8.64. The highest BCUT2D eigenvalue weighted by molar-refractivity contribution is 6.40. The molecule has 0 saturated heterocycles. The van der Waals surface area contributed by atoms with Crippen LogP contribution >= 0.6 is 0 Å². The second-order valence-electron chi connectivity index (χ2n) is 2.73. The minimum Gasteiger partial charge on any atom is -0.477 e. The number of amides is 1. The molecule has 0 fully saturated rings. The van der Waals surface area contributed by atoms with E-state index in [0.717, 1.165) is 6.34 Å². The molecule has 0 saturated carbocycles. The van der Waals surface area contributed by atoms with Crippen molar-refractivity contribution < 1.29 is 14.7 Å². The van der Waals surface area contributed by atoms with Crippen LogP contribution in [0.3, 0.4) is 0 Å². The van der Waals surface area contributed by atoms with E-state index in [0.29, 0.717) is 5.71 Å². The Morgan fingerprint density at radius 2 is 2.21 bits per heavy atom. The van der Waals surface area contributed by atoms with Gasteiger partial charge in [0.05, 0.1) is 11.9 Å². The number of hydrogen-bond donors (Lipinski definition) is 1. The van der Waals surface area contributed by atoms with Gasteiger partial charge in [-0.2, -0.15) is 0 Å². The van der Waals surface area contributed by atoms with Crippen LogP contribution in [0, 0.1) is 5.92 Å². The lowest BCUT2D eigenvalue weighted by Gasteiger charge is -2.14. The highest BCUT2D eigenvalue weighted by Gasteiger charge is 2.27. The average Bonchev–Trinajstić information content (AvgIpc) is 2.18. The lowest BCUT2D eigenvalue weighted by Crippen LogP contribution is -2.28. The number of rotatable bonds is 1. The number of aliphatic carboxylic acids is 1. The molecule has 0 bridgehead atoms. The molecule has 0 aromatic heterocycles. The molecule has 1 N–H and O–H groups in total. The summed E-state index contributed by atoms with van der Waals surface area (Å²) in [6.45, 7) is 0. The lowest BCUT2D eigenvalue weighted by molar-refractivity contribution is -0.132. The molecule has 0 aliphatic carbocycles. The van der Waals surface area contributed by atoms with Gasteiger partial charge in [0.15, 0.2) is 0 Å². The van der Waals surface area contributed by atoms with E-state index in [1.165, 1.54) is 12.3 Å². The fraction of sp³-hybridized carbons (Fsp3) is 0.125. The van der Waals surface area contributed by atoms with Crippen molar-refractivity contribution in [3.63, 3.8) is 0 Å². The second-order valence-corrected chi connectivity index (χ2v) is 2.73. The molecule has 70 valence electrons. The molecule has 1 unspecified atom stereocenters. The van der Waals surface area contributed by atoms with Gasteiger partial charge in [0, 0.05) is 0 Å². The maximum Gasteiger partial charge on any atom is 0.354 e. The van der Waals surface area contributed by atoms with Gasteiger partial charge in [-0.15, -0.1) is 0 Å². The van der Waals surface area contributed by atoms with E-state index >= 15 is 0 Å². The van der Waals surface area contributed by atoms with Crippen LogP contribution in [0.15, 0.2) is 26.8 Å². The summed E-state index contributed by atoms with van der Waals surface area (Å²) < 4.78 is 0. The van der Waals surface area contributed by atoms with Crippen LogP contribution in [0.4, 0.5) is 0 Å². The summed E-state index contributed by atoms with van der Waals surface area (Å²) in [6.07, 6.45) is 3.66. The van der Waals surface area contributed by atoms with Crippen molar-refractivity contribution in [1.82, 2.24) is 0 Å². The molecule has 6 heteroatoms. The third-order valence-corrected chi connectivity index (χ3v) is 1.86.